The molecule has 3 heterocycles. The van der Waals surface area contributed by atoms with Gasteiger partial charge in [0, 0.05) is 12.6 Å². The first-order valence-corrected chi connectivity index (χ1v) is 10.2. The minimum Gasteiger partial charge on any atom is -0.331 e. The first-order valence-electron chi connectivity index (χ1n) is 7.55. The Kier molecular flexibility index (Phi) is 4.05. The van der Waals surface area contributed by atoms with E-state index in [2.05, 4.69) is 27.9 Å². The number of aromatic nitrogens is 1. The maximum Gasteiger partial charge on any atom is 0.266 e. The van der Waals surface area contributed by atoms with Gasteiger partial charge in [-0.15, -0.1) is 22.7 Å². The molecule has 0 atom stereocenters. The number of hydrogen-bond acceptors (Lipinski definition) is 5. The number of carbonyl (C=O) groups is 1. The molecular weight excluding hydrogens is 344 g/mol. The number of amides is 1. The molecule has 0 spiro atoms. The van der Waals surface area contributed by atoms with Crippen molar-refractivity contribution in [2.24, 2.45) is 0 Å². The van der Waals surface area contributed by atoms with Crippen LogP contribution in [0.4, 0.5) is 0 Å². The van der Waals surface area contributed by atoms with Gasteiger partial charge < -0.3 is 4.90 Å². The van der Waals surface area contributed by atoms with E-state index in [1.807, 2.05) is 23.3 Å². The molecule has 1 amide bonds. The number of aryl methyl sites for hydroxylation is 1. The predicted molar refractivity (Wildman–Crippen MR) is 97.4 cm³/mol. The zero-order valence-electron chi connectivity index (χ0n) is 12.7. The van der Waals surface area contributed by atoms with Crippen LogP contribution in [-0.2, 0) is 6.54 Å². The molecular formula is C17H16N2OS3. The molecule has 3 aromatic rings. The Labute approximate surface area is 147 Å². The van der Waals surface area contributed by atoms with E-state index < -0.39 is 0 Å². The number of thiophene rings is 2. The van der Waals surface area contributed by atoms with Crippen LogP contribution in [0.1, 0.15) is 33.8 Å². The first kappa shape index (κ1) is 15.1. The lowest BCUT2D eigenvalue weighted by Gasteiger charge is -2.21. The summed E-state index contributed by atoms with van der Waals surface area (Å²) >= 11 is 4.87. The van der Waals surface area contributed by atoms with Crippen molar-refractivity contribution in [1.82, 2.24) is 9.88 Å². The van der Waals surface area contributed by atoms with E-state index in [4.69, 9.17) is 0 Å². The average molecular weight is 361 g/mol. The average Bonchev–Trinajstić information content (AvgIpc) is 3.00. The Morgan fingerprint density at radius 2 is 2.22 bits per heavy atom. The Morgan fingerprint density at radius 1 is 1.35 bits per heavy atom. The third kappa shape index (κ3) is 3.11. The lowest BCUT2D eigenvalue weighted by Crippen LogP contribution is -2.32. The van der Waals surface area contributed by atoms with Gasteiger partial charge in [0.15, 0.2) is 0 Å². The number of nitrogens with zero attached hydrogens (tertiary/aromatic N) is 2. The normalized spacial score (nSPS) is 14.1. The predicted octanol–water partition coefficient (Wildman–Crippen LogP) is 5.05. The maximum atomic E-state index is 13.1. The molecule has 1 fully saturated rings. The van der Waals surface area contributed by atoms with Crippen LogP contribution in [-0.4, -0.2) is 21.8 Å². The van der Waals surface area contributed by atoms with E-state index in [0.717, 1.165) is 33.3 Å². The summed E-state index contributed by atoms with van der Waals surface area (Å²) in [5.41, 5.74) is 2.07. The van der Waals surface area contributed by atoms with E-state index in [0.29, 0.717) is 12.6 Å². The van der Waals surface area contributed by atoms with Gasteiger partial charge in [0.25, 0.3) is 5.91 Å². The fourth-order valence-corrected chi connectivity index (χ4v) is 5.04. The molecule has 0 unspecified atom stereocenters. The van der Waals surface area contributed by atoms with E-state index in [9.17, 15) is 4.79 Å². The van der Waals surface area contributed by atoms with Gasteiger partial charge in [-0.25, -0.2) is 4.98 Å². The molecule has 3 nitrogen and oxygen atoms in total. The highest BCUT2D eigenvalue weighted by Crippen LogP contribution is 2.35. The third-order valence-corrected chi connectivity index (χ3v) is 6.82. The highest BCUT2D eigenvalue weighted by atomic mass is 32.1. The van der Waals surface area contributed by atoms with E-state index in [1.165, 1.54) is 16.9 Å². The van der Waals surface area contributed by atoms with Crippen LogP contribution < -0.4 is 0 Å². The van der Waals surface area contributed by atoms with Crippen molar-refractivity contribution >= 4 is 39.9 Å². The summed E-state index contributed by atoms with van der Waals surface area (Å²) in [7, 11) is 0. The lowest BCUT2D eigenvalue weighted by atomic mass is 10.2. The largest absolute Gasteiger partial charge is 0.331 e. The molecule has 0 aromatic carbocycles. The van der Waals surface area contributed by atoms with Crippen LogP contribution in [0.3, 0.4) is 0 Å². The second-order valence-electron chi connectivity index (χ2n) is 5.71. The van der Waals surface area contributed by atoms with Gasteiger partial charge in [0.2, 0.25) is 0 Å². The smallest absolute Gasteiger partial charge is 0.266 e. The molecule has 0 saturated heterocycles. The number of rotatable bonds is 5. The molecule has 23 heavy (non-hydrogen) atoms. The maximum absolute atomic E-state index is 13.1. The van der Waals surface area contributed by atoms with Crippen LogP contribution in [0.25, 0.3) is 9.88 Å². The number of hydrogen-bond donors (Lipinski definition) is 0. The minimum absolute atomic E-state index is 0.136. The zero-order chi connectivity index (χ0) is 15.8. The quantitative estimate of drug-likeness (QED) is 0.638. The summed E-state index contributed by atoms with van der Waals surface area (Å²) in [5.74, 6) is 0.136. The van der Waals surface area contributed by atoms with Gasteiger partial charge in [-0.05, 0) is 53.6 Å². The molecule has 0 bridgehead atoms. The molecule has 1 aliphatic carbocycles. The molecule has 1 saturated carbocycles. The highest BCUT2D eigenvalue weighted by Gasteiger charge is 2.34. The molecule has 1 aliphatic rings. The Bertz CT molecular complexity index is 801. The van der Waals surface area contributed by atoms with Gasteiger partial charge in [-0.1, -0.05) is 6.07 Å². The monoisotopic (exact) mass is 360 g/mol. The Hall–Kier alpha value is -1.50. The molecule has 6 heteroatoms. The van der Waals surface area contributed by atoms with Crippen molar-refractivity contribution in [3.8, 4) is 9.88 Å². The van der Waals surface area contributed by atoms with Crippen LogP contribution in [0.15, 0.2) is 34.3 Å². The summed E-state index contributed by atoms with van der Waals surface area (Å²) in [5, 5.41) is 7.18. The molecule has 0 radical (unpaired) electrons. The molecule has 4 rings (SSSR count). The number of carbonyl (C=O) groups excluding carboxylic acids is 1. The van der Waals surface area contributed by atoms with E-state index >= 15 is 0 Å². The topological polar surface area (TPSA) is 33.2 Å². The number of thiazole rings is 1. The SMILES string of the molecule is Cc1nc(-c2cccs2)sc1C(=O)N(Cc1ccsc1)C1CC1. The molecule has 0 N–H and O–H groups in total. The second kappa shape index (κ2) is 6.19. The van der Waals surface area contributed by atoms with Gasteiger partial charge in [0.1, 0.15) is 9.88 Å². The molecule has 3 aromatic heterocycles. The van der Waals surface area contributed by atoms with Crippen LogP contribution >= 0.6 is 34.0 Å². The van der Waals surface area contributed by atoms with Crippen molar-refractivity contribution in [3.05, 3.63) is 50.5 Å². The summed E-state index contributed by atoms with van der Waals surface area (Å²) in [6, 6.07) is 6.57. The first-order chi connectivity index (χ1) is 11.2. The summed E-state index contributed by atoms with van der Waals surface area (Å²) in [6.07, 6.45) is 2.23. The van der Waals surface area contributed by atoms with Crippen LogP contribution in [0, 0.1) is 6.92 Å². The highest BCUT2D eigenvalue weighted by molar-refractivity contribution is 7.22. The Balaban J connectivity index is 1.62. The Morgan fingerprint density at radius 3 is 2.87 bits per heavy atom. The van der Waals surface area contributed by atoms with Crippen molar-refractivity contribution in [1.29, 1.82) is 0 Å². The van der Waals surface area contributed by atoms with Gasteiger partial charge in [-0.2, -0.15) is 11.3 Å². The summed E-state index contributed by atoms with van der Waals surface area (Å²) < 4.78 is 0. The lowest BCUT2D eigenvalue weighted by molar-refractivity contribution is 0.0734. The molecule has 0 aliphatic heterocycles. The third-order valence-electron chi connectivity index (χ3n) is 3.90. The van der Waals surface area contributed by atoms with Crippen molar-refractivity contribution < 1.29 is 4.79 Å². The van der Waals surface area contributed by atoms with Crippen molar-refractivity contribution in [3.63, 3.8) is 0 Å². The second-order valence-corrected chi connectivity index (χ2v) is 8.43. The van der Waals surface area contributed by atoms with Gasteiger partial charge in [-0.3, -0.25) is 4.79 Å². The van der Waals surface area contributed by atoms with Gasteiger partial charge >= 0.3 is 0 Å². The zero-order valence-corrected chi connectivity index (χ0v) is 15.1. The van der Waals surface area contributed by atoms with Crippen molar-refractivity contribution in [2.75, 3.05) is 0 Å². The van der Waals surface area contributed by atoms with Crippen LogP contribution in [0.2, 0.25) is 0 Å². The fraction of sp³-hybridized carbons (Fsp3) is 0.294. The van der Waals surface area contributed by atoms with E-state index in [-0.39, 0.29) is 5.91 Å². The fourth-order valence-electron chi connectivity index (χ4n) is 2.56. The summed E-state index contributed by atoms with van der Waals surface area (Å²) in [6.45, 7) is 2.65. The standard InChI is InChI=1S/C17H16N2OS3/c1-11-15(23-16(18-11)14-3-2-7-22-14)17(20)19(13-4-5-13)9-12-6-8-21-10-12/h2-3,6-8,10,13H,4-5,9H2,1H3. The summed E-state index contributed by atoms with van der Waals surface area (Å²) in [4.78, 5) is 21.6. The van der Waals surface area contributed by atoms with E-state index in [1.54, 1.807) is 22.7 Å². The van der Waals surface area contributed by atoms with Crippen molar-refractivity contribution in [2.45, 2.75) is 32.4 Å². The minimum atomic E-state index is 0.136. The van der Waals surface area contributed by atoms with Crippen LogP contribution in [0.5, 0.6) is 0 Å². The van der Waals surface area contributed by atoms with Gasteiger partial charge in [0.05, 0.1) is 10.6 Å². The molecule has 118 valence electrons.